The number of nitrogens with two attached hydrogens (primary N) is 1. The van der Waals surface area contributed by atoms with Gasteiger partial charge in [0.1, 0.15) is 11.6 Å². The minimum atomic E-state index is -0.474. The van der Waals surface area contributed by atoms with Gasteiger partial charge in [-0.3, -0.25) is 4.79 Å². The third kappa shape index (κ3) is 4.40. The van der Waals surface area contributed by atoms with Crippen molar-refractivity contribution in [3.8, 4) is 0 Å². The quantitative estimate of drug-likeness (QED) is 0.849. The number of carbonyl (C=O) groups excluding carboxylic acids is 1. The van der Waals surface area contributed by atoms with E-state index in [0.717, 1.165) is 18.6 Å². The molecule has 0 aliphatic carbocycles. The predicted molar refractivity (Wildman–Crippen MR) is 80.5 cm³/mol. The Labute approximate surface area is 129 Å². The Morgan fingerprint density at radius 2 is 2.18 bits per heavy atom. The lowest BCUT2D eigenvalue weighted by Crippen LogP contribution is -2.47. The zero-order chi connectivity index (χ0) is 16.1. The Balaban J connectivity index is 2.01. The molecule has 1 heterocycles. The molecule has 0 amide bonds. The SMILES string of the molecule is CCOC(=O)CCC1CC(N)CN(c2cc(F)ccc2F)C1. The Morgan fingerprint density at radius 1 is 1.41 bits per heavy atom. The van der Waals surface area contributed by atoms with Gasteiger partial charge in [-0.2, -0.15) is 0 Å². The van der Waals surface area contributed by atoms with Gasteiger partial charge in [0.25, 0.3) is 0 Å². The molecule has 6 heteroatoms. The van der Waals surface area contributed by atoms with Gasteiger partial charge in [-0.05, 0) is 37.8 Å². The van der Waals surface area contributed by atoms with Crippen LogP contribution in [-0.2, 0) is 9.53 Å². The summed E-state index contributed by atoms with van der Waals surface area (Å²) in [6.07, 6.45) is 1.73. The fraction of sp³-hybridized carbons (Fsp3) is 0.562. The smallest absolute Gasteiger partial charge is 0.305 e. The van der Waals surface area contributed by atoms with Crippen LogP contribution in [0.1, 0.15) is 26.2 Å². The summed E-state index contributed by atoms with van der Waals surface area (Å²) in [7, 11) is 0. The largest absolute Gasteiger partial charge is 0.466 e. The summed E-state index contributed by atoms with van der Waals surface area (Å²) in [6, 6.07) is 3.29. The van der Waals surface area contributed by atoms with Crippen LogP contribution in [0.25, 0.3) is 0 Å². The fourth-order valence-electron chi connectivity index (χ4n) is 2.94. The molecular formula is C16H22F2N2O2. The molecule has 1 aromatic rings. The zero-order valence-electron chi connectivity index (χ0n) is 12.7. The summed E-state index contributed by atoms with van der Waals surface area (Å²) in [6.45, 7) is 3.18. The molecule has 1 aliphatic heterocycles. The minimum absolute atomic E-state index is 0.122. The van der Waals surface area contributed by atoms with Gasteiger partial charge in [0.15, 0.2) is 0 Å². The number of benzene rings is 1. The van der Waals surface area contributed by atoms with E-state index in [1.807, 2.05) is 0 Å². The first-order valence-corrected chi connectivity index (χ1v) is 7.60. The molecule has 2 rings (SSSR count). The lowest BCUT2D eigenvalue weighted by molar-refractivity contribution is -0.143. The van der Waals surface area contributed by atoms with Crippen molar-refractivity contribution in [1.82, 2.24) is 0 Å². The molecule has 0 bridgehead atoms. The number of piperidine rings is 1. The molecule has 1 saturated heterocycles. The van der Waals surface area contributed by atoms with Crippen molar-refractivity contribution < 1.29 is 18.3 Å². The maximum Gasteiger partial charge on any atom is 0.305 e. The van der Waals surface area contributed by atoms with Crippen molar-refractivity contribution >= 4 is 11.7 Å². The highest BCUT2D eigenvalue weighted by Gasteiger charge is 2.27. The van der Waals surface area contributed by atoms with Gasteiger partial charge in [-0.1, -0.05) is 0 Å². The highest BCUT2D eigenvalue weighted by Crippen LogP contribution is 2.28. The van der Waals surface area contributed by atoms with E-state index in [0.29, 0.717) is 32.5 Å². The predicted octanol–water partition coefficient (Wildman–Crippen LogP) is 2.46. The van der Waals surface area contributed by atoms with E-state index in [1.165, 1.54) is 6.07 Å². The van der Waals surface area contributed by atoms with Gasteiger partial charge < -0.3 is 15.4 Å². The van der Waals surface area contributed by atoms with E-state index >= 15 is 0 Å². The van der Waals surface area contributed by atoms with Crippen LogP contribution in [0.15, 0.2) is 18.2 Å². The van der Waals surface area contributed by atoms with Crippen LogP contribution >= 0.6 is 0 Å². The first kappa shape index (κ1) is 16.7. The normalized spacial score (nSPS) is 21.7. The van der Waals surface area contributed by atoms with Crippen molar-refractivity contribution in [3.63, 3.8) is 0 Å². The maximum atomic E-state index is 13.9. The molecule has 1 fully saturated rings. The molecule has 2 atom stereocenters. The van der Waals surface area contributed by atoms with Crippen LogP contribution < -0.4 is 10.6 Å². The Morgan fingerprint density at radius 3 is 2.91 bits per heavy atom. The van der Waals surface area contributed by atoms with Crippen LogP contribution in [0.2, 0.25) is 0 Å². The van der Waals surface area contributed by atoms with Crippen molar-refractivity contribution in [2.45, 2.75) is 32.2 Å². The second-order valence-electron chi connectivity index (χ2n) is 5.71. The summed E-state index contributed by atoms with van der Waals surface area (Å²) in [5.74, 6) is -1.00. The van der Waals surface area contributed by atoms with E-state index < -0.39 is 11.6 Å². The minimum Gasteiger partial charge on any atom is -0.466 e. The highest BCUT2D eigenvalue weighted by atomic mass is 19.1. The van der Waals surface area contributed by atoms with Crippen molar-refractivity contribution in [3.05, 3.63) is 29.8 Å². The summed E-state index contributed by atoms with van der Waals surface area (Å²) in [5.41, 5.74) is 6.26. The van der Waals surface area contributed by atoms with Gasteiger partial charge in [0.2, 0.25) is 0 Å². The third-order valence-corrected chi connectivity index (χ3v) is 3.88. The van der Waals surface area contributed by atoms with E-state index in [2.05, 4.69) is 0 Å². The van der Waals surface area contributed by atoms with Gasteiger partial charge in [0.05, 0.1) is 12.3 Å². The lowest BCUT2D eigenvalue weighted by atomic mass is 9.90. The van der Waals surface area contributed by atoms with Crippen molar-refractivity contribution in [1.29, 1.82) is 0 Å². The van der Waals surface area contributed by atoms with Gasteiger partial charge in [-0.25, -0.2) is 8.78 Å². The Bertz CT molecular complexity index is 525. The Kier molecular flexibility index (Phi) is 5.71. The molecule has 2 unspecified atom stereocenters. The topological polar surface area (TPSA) is 55.6 Å². The number of halogens is 2. The van der Waals surface area contributed by atoms with Crippen LogP contribution in [0, 0.1) is 17.6 Å². The molecular weight excluding hydrogens is 290 g/mol. The molecule has 1 aromatic carbocycles. The average Bonchev–Trinajstić information content (AvgIpc) is 2.47. The molecule has 122 valence electrons. The van der Waals surface area contributed by atoms with Crippen molar-refractivity contribution in [2.24, 2.45) is 11.7 Å². The molecule has 2 N–H and O–H groups in total. The number of nitrogens with zero attached hydrogens (tertiary/aromatic N) is 1. The summed E-state index contributed by atoms with van der Waals surface area (Å²) >= 11 is 0. The first-order valence-electron chi connectivity index (χ1n) is 7.60. The average molecular weight is 312 g/mol. The summed E-state index contributed by atoms with van der Waals surface area (Å²) in [4.78, 5) is 13.2. The van der Waals surface area contributed by atoms with Gasteiger partial charge in [0, 0.05) is 31.6 Å². The van der Waals surface area contributed by atoms with Gasteiger partial charge in [-0.15, -0.1) is 0 Å². The fourth-order valence-corrected chi connectivity index (χ4v) is 2.94. The monoisotopic (exact) mass is 312 g/mol. The standard InChI is InChI=1S/C16H22F2N2O2/c1-2-22-16(21)6-3-11-7-13(19)10-20(9-11)15-8-12(17)4-5-14(15)18/h4-5,8,11,13H,2-3,6-7,9-10,19H2,1H3. The van der Waals surface area contributed by atoms with Gasteiger partial charge >= 0.3 is 5.97 Å². The lowest BCUT2D eigenvalue weighted by Gasteiger charge is -2.38. The number of anilines is 1. The number of hydrogen-bond acceptors (Lipinski definition) is 4. The molecule has 22 heavy (non-hydrogen) atoms. The number of esters is 1. The van der Waals surface area contributed by atoms with Crippen LogP contribution in [0.4, 0.5) is 14.5 Å². The van der Waals surface area contributed by atoms with E-state index in [1.54, 1.807) is 11.8 Å². The number of carbonyl (C=O) groups is 1. The molecule has 0 spiro atoms. The second-order valence-corrected chi connectivity index (χ2v) is 5.71. The van der Waals surface area contributed by atoms with Crippen LogP contribution in [0.3, 0.4) is 0 Å². The molecule has 4 nitrogen and oxygen atoms in total. The molecule has 0 radical (unpaired) electrons. The van der Waals surface area contributed by atoms with E-state index in [4.69, 9.17) is 10.5 Å². The van der Waals surface area contributed by atoms with Crippen molar-refractivity contribution in [2.75, 3.05) is 24.6 Å². The second kappa shape index (κ2) is 7.54. The molecule has 1 aliphatic rings. The van der Waals surface area contributed by atoms with E-state index in [-0.39, 0.29) is 23.6 Å². The maximum absolute atomic E-state index is 13.9. The highest BCUT2D eigenvalue weighted by molar-refractivity contribution is 5.69. The number of hydrogen-bond donors (Lipinski definition) is 1. The van der Waals surface area contributed by atoms with E-state index in [9.17, 15) is 13.6 Å². The first-order chi connectivity index (χ1) is 10.5. The summed E-state index contributed by atoms with van der Waals surface area (Å²) in [5, 5.41) is 0. The Hall–Kier alpha value is -1.69. The summed E-state index contributed by atoms with van der Waals surface area (Å²) < 4.78 is 32.2. The molecule has 0 aromatic heterocycles. The number of rotatable bonds is 5. The van der Waals surface area contributed by atoms with Crippen LogP contribution in [0.5, 0.6) is 0 Å². The zero-order valence-corrected chi connectivity index (χ0v) is 12.7. The third-order valence-electron chi connectivity index (χ3n) is 3.88. The van der Waals surface area contributed by atoms with Crippen LogP contribution in [-0.4, -0.2) is 31.7 Å². The molecule has 0 saturated carbocycles. The number of ether oxygens (including phenoxy) is 1.